The molecule has 1 N–H and O–H groups in total. The Kier molecular flexibility index (Phi) is 4.45. The molecule has 0 radical (unpaired) electrons. The van der Waals surface area contributed by atoms with Gasteiger partial charge < -0.3 is 5.11 Å². The molecule has 1 aromatic heterocycles. The largest absolute Gasteiger partial charge is 0.390 e. The van der Waals surface area contributed by atoms with E-state index in [0.717, 1.165) is 11.3 Å². The van der Waals surface area contributed by atoms with E-state index in [1.54, 1.807) is 10.7 Å². The predicted molar refractivity (Wildman–Crippen MR) is 75.6 cm³/mol. The molecule has 0 saturated heterocycles. The van der Waals surface area contributed by atoms with Crippen molar-refractivity contribution < 1.29 is 5.11 Å². The minimum Gasteiger partial charge on any atom is -0.390 e. The van der Waals surface area contributed by atoms with Crippen molar-refractivity contribution in [3.63, 3.8) is 0 Å². The number of hydrogen-bond acceptors (Lipinski definition) is 3. The molecule has 0 amide bonds. The van der Waals surface area contributed by atoms with Crippen LogP contribution >= 0.6 is 23.2 Å². The Balaban J connectivity index is 2.32. The highest BCUT2D eigenvalue weighted by Gasteiger charge is 2.15. The molecule has 2 aromatic rings. The third-order valence-corrected chi connectivity index (χ3v) is 3.60. The summed E-state index contributed by atoms with van der Waals surface area (Å²) in [5.41, 5.74) is 2.55. The number of aromatic nitrogens is 3. The van der Waals surface area contributed by atoms with Crippen molar-refractivity contribution in [1.29, 1.82) is 0 Å². The van der Waals surface area contributed by atoms with Crippen molar-refractivity contribution in [1.82, 2.24) is 15.0 Å². The molecule has 1 aromatic carbocycles. The maximum absolute atomic E-state index is 9.27. The molecule has 0 unspecified atom stereocenters. The van der Waals surface area contributed by atoms with Gasteiger partial charge in [-0.25, -0.2) is 4.68 Å². The molecule has 102 valence electrons. The zero-order valence-corrected chi connectivity index (χ0v) is 12.3. The van der Waals surface area contributed by atoms with E-state index in [-0.39, 0.29) is 12.5 Å². The van der Waals surface area contributed by atoms with Crippen molar-refractivity contribution in [2.24, 2.45) is 0 Å². The average molecular weight is 300 g/mol. The Labute approximate surface area is 122 Å². The molecular weight excluding hydrogens is 285 g/mol. The van der Waals surface area contributed by atoms with E-state index in [0.29, 0.717) is 22.3 Å². The Morgan fingerprint density at radius 3 is 2.58 bits per heavy atom. The molecule has 0 aliphatic carbocycles. The van der Waals surface area contributed by atoms with E-state index in [2.05, 4.69) is 10.3 Å². The lowest BCUT2D eigenvalue weighted by molar-refractivity contribution is 0.275. The molecular formula is C13H15Cl2N3O. The summed E-state index contributed by atoms with van der Waals surface area (Å²) in [6, 6.07) is 5.48. The van der Waals surface area contributed by atoms with Crippen molar-refractivity contribution in [2.75, 3.05) is 0 Å². The van der Waals surface area contributed by atoms with Crippen molar-refractivity contribution in [2.45, 2.75) is 32.9 Å². The van der Waals surface area contributed by atoms with Gasteiger partial charge >= 0.3 is 0 Å². The second-order valence-corrected chi connectivity index (χ2v) is 5.45. The van der Waals surface area contributed by atoms with Gasteiger partial charge in [0.15, 0.2) is 0 Å². The third kappa shape index (κ3) is 3.08. The molecule has 6 heteroatoms. The summed E-state index contributed by atoms with van der Waals surface area (Å²) < 4.78 is 1.79. The van der Waals surface area contributed by atoms with Crippen LogP contribution in [-0.4, -0.2) is 20.1 Å². The molecule has 0 fully saturated rings. The summed E-state index contributed by atoms with van der Waals surface area (Å²) in [5, 5.41) is 18.4. The van der Waals surface area contributed by atoms with Gasteiger partial charge in [-0.2, -0.15) is 0 Å². The maximum Gasteiger partial charge on any atom is 0.112 e. The predicted octanol–water partition coefficient (Wildman–Crippen LogP) is 3.25. The quantitative estimate of drug-likeness (QED) is 0.943. The Morgan fingerprint density at radius 2 is 2.00 bits per heavy atom. The lowest BCUT2D eigenvalue weighted by Crippen LogP contribution is -2.09. The fourth-order valence-electron chi connectivity index (χ4n) is 2.03. The second-order valence-electron chi connectivity index (χ2n) is 4.64. The van der Waals surface area contributed by atoms with Crippen LogP contribution in [0.1, 0.15) is 36.7 Å². The summed E-state index contributed by atoms with van der Waals surface area (Å²) in [7, 11) is 0. The molecule has 0 bridgehead atoms. The zero-order valence-electron chi connectivity index (χ0n) is 10.8. The lowest BCUT2D eigenvalue weighted by Gasteiger charge is -2.11. The van der Waals surface area contributed by atoms with Crippen molar-refractivity contribution >= 4 is 23.2 Å². The van der Waals surface area contributed by atoms with E-state index in [4.69, 9.17) is 23.2 Å². The van der Waals surface area contributed by atoms with Crippen LogP contribution in [0, 0.1) is 0 Å². The van der Waals surface area contributed by atoms with E-state index < -0.39 is 0 Å². The second kappa shape index (κ2) is 5.90. The summed E-state index contributed by atoms with van der Waals surface area (Å²) in [6.45, 7) is 4.54. The Morgan fingerprint density at radius 1 is 1.26 bits per heavy atom. The molecule has 2 rings (SSSR count). The molecule has 0 saturated carbocycles. The van der Waals surface area contributed by atoms with Crippen LogP contribution in [0.5, 0.6) is 0 Å². The molecule has 0 spiro atoms. The summed E-state index contributed by atoms with van der Waals surface area (Å²) in [4.78, 5) is 0. The number of halogens is 2. The Bertz CT molecular complexity index is 581. The molecule has 19 heavy (non-hydrogen) atoms. The van der Waals surface area contributed by atoms with Crippen LogP contribution in [-0.2, 0) is 13.2 Å². The fourth-order valence-corrected chi connectivity index (χ4v) is 2.35. The first-order valence-electron chi connectivity index (χ1n) is 6.00. The minimum absolute atomic E-state index is 0.102. The summed E-state index contributed by atoms with van der Waals surface area (Å²) >= 11 is 11.9. The summed E-state index contributed by atoms with van der Waals surface area (Å²) in [5.74, 6) is 0.236. The number of nitrogens with zero attached hydrogens (tertiary/aromatic N) is 3. The molecule has 0 atom stereocenters. The van der Waals surface area contributed by atoms with Crippen molar-refractivity contribution in [3.05, 3.63) is 45.2 Å². The van der Waals surface area contributed by atoms with E-state index in [1.807, 2.05) is 26.0 Å². The van der Waals surface area contributed by atoms with E-state index in [9.17, 15) is 5.11 Å². The minimum atomic E-state index is -0.102. The van der Waals surface area contributed by atoms with E-state index >= 15 is 0 Å². The van der Waals surface area contributed by atoms with Crippen LogP contribution in [0.3, 0.4) is 0 Å². The normalized spacial score (nSPS) is 11.3. The molecule has 1 heterocycles. The van der Waals surface area contributed by atoms with Crippen LogP contribution < -0.4 is 0 Å². The van der Waals surface area contributed by atoms with Gasteiger partial charge in [0.1, 0.15) is 5.69 Å². The van der Waals surface area contributed by atoms with Gasteiger partial charge in [0.25, 0.3) is 0 Å². The number of aliphatic hydroxyl groups is 1. The maximum atomic E-state index is 9.27. The first-order chi connectivity index (χ1) is 9.02. The number of aliphatic hydroxyl groups excluding tert-OH is 1. The highest BCUT2D eigenvalue weighted by Crippen LogP contribution is 2.24. The summed E-state index contributed by atoms with van der Waals surface area (Å²) in [6.07, 6.45) is 0. The van der Waals surface area contributed by atoms with Gasteiger partial charge in [-0.1, -0.05) is 48.3 Å². The smallest absolute Gasteiger partial charge is 0.112 e. The van der Waals surface area contributed by atoms with Gasteiger partial charge in [0.2, 0.25) is 0 Å². The van der Waals surface area contributed by atoms with Gasteiger partial charge in [-0.15, -0.1) is 5.10 Å². The molecule has 4 nitrogen and oxygen atoms in total. The van der Waals surface area contributed by atoms with Crippen molar-refractivity contribution in [3.8, 4) is 0 Å². The lowest BCUT2D eigenvalue weighted by atomic mass is 10.1. The van der Waals surface area contributed by atoms with Crippen LogP contribution in [0.4, 0.5) is 0 Å². The van der Waals surface area contributed by atoms with Gasteiger partial charge in [0.05, 0.1) is 28.9 Å². The van der Waals surface area contributed by atoms with Gasteiger partial charge in [-0.05, 0) is 23.6 Å². The standard InChI is InChI=1S/C13H15Cl2N3O/c1-8(2)13-12(7-19)16-17-18(13)6-9-3-4-10(14)11(15)5-9/h3-5,8,19H,6-7H2,1-2H3. The first-order valence-corrected chi connectivity index (χ1v) is 6.75. The SMILES string of the molecule is CC(C)c1c(CO)nnn1Cc1ccc(Cl)c(Cl)c1. The number of rotatable bonds is 4. The monoisotopic (exact) mass is 299 g/mol. The highest BCUT2D eigenvalue weighted by atomic mass is 35.5. The average Bonchev–Trinajstić information content (AvgIpc) is 2.77. The first kappa shape index (κ1) is 14.3. The van der Waals surface area contributed by atoms with Gasteiger partial charge in [0, 0.05) is 0 Å². The molecule has 0 aliphatic rings. The van der Waals surface area contributed by atoms with Gasteiger partial charge in [-0.3, -0.25) is 0 Å². The zero-order chi connectivity index (χ0) is 14.0. The van der Waals surface area contributed by atoms with Crippen LogP contribution in [0.2, 0.25) is 10.0 Å². The Hall–Kier alpha value is -1.10. The van der Waals surface area contributed by atoms with Crippen LogP contribution in [0.15, 0.2) is 18.2 Å². The highest BCUT2D eigenvalue weighted by molar-refractivity contribution is 6.42. The van der Waals surface area contributed by atoms with E-state index in [1.165, 1.54) is 0 Å². The van der Waals surface area contributed by atoms with Crippen LogP contribution in [0.25, 0.3) is 0 Å². The number of benzene rings is 1. The number of hydrogen-bond donors (Lipinski definition) is 1. The third-order valence-electron chi connectivity index (χ3n) is 2.86. The topological polar surface area (TPSA) is 50.9 Å². The fraction of sp³-hybridized carbons (Fsp3) is 0.385. The molecule has 0 aliphatic heterocycles.